The predicted molar refractivity (Wildman–Crippen MR) is 199 cm³/mol. The van der Waals surface area contributed by atoms with Crippen LogP contribution in [0.1, 0.15) is 93.3 Å². The van der Waals surface area contributed by atoms with Crippen molar-refractivity contribution >= 4 is 44.9 Å². The minimum atomic E-state index is -0.771. The van der Waals surface area contributed by atoms with E-state index in [0.29, 0.717) is 34.6 Å². The first-order chi connectivity index (χ1) is 24.7. The summed E-state index contributed by atoms with van der Waals surface area (Å²) in [7, 11) is 0. The Hall–Kier alpha value is -4.28. The number of rotatable bonds is 19. The molecule has 51 heavy (non-hydrogen) atoms. The van der Waals surface area contributed by atoms with Gasteiger partial charge >= 0.3 is 0 Å². The first kappa shape index (κ1) is 38.0. The Morgan fingerprint density at radius 3 is 2.14 bits per heavy atom. The summed E-state index contributed by atoms with van der Waals surface area (Å²) in [6.45, 7) is 2.25. The molecule has 5 rings (SSSR count). The normalized spacial score (nSPS) is 15.1. The summed E-state index contributed by atoms with van der Waals surface area (Å²) in [5.41, 5.74) is 8.32. The Balaban J connectivity index is 1.36. The Labute approximate surface area is 303 Å². The zero-order chi connectivity index (χ0) is 36.2. The fraction of sp³-hybridized carbons (Fsp3) is 0.439. The first-order valence-electron chi connectivity index (χ1n) is 18.3. The van der Waals surface area contributed by atoms with Gasteiger partial charge in [0.1, 0.15) is 11.6 Å². The molecule has 0 bridgehead atoms. The standard InChI is InChI=1S/C41H49FN4O4S/c1-2-33(47)23-31(25-37-44-34-21-20-32(42)26-36(34)51-37)41(50)46-39(29-17-9-10-18-29)35(48)24-30(19-11-12-22-43)40(49)45-38(27-13-5-3-6-14-27)28-15-7-4-8-16-28/h3-8,13-16,20-21,26,29-31,38-39H,2,9-12,17-19,22-25,43H2,1H3,(H,45,49)(H,46,50)/t30-,31+,39+/m1/s1. The van der Waals surface area contributed by atoms with Crippen LogP contribution in [0.5, 0.6) is 0 Å². The molecule has 4 N–H and O–H groups in total. The van der Waals surface area contributed by atoms with Crippen molar-refractivity contribution in [3.05, 3.63) is 101 Å². The molecule has 270 valence electrons. The molecule has 0 aliphatic heterocycles. The number of nitrogens with zero attached hydrogens (tertiary/aromatic N) is 1. The van der Waals surface area contributed by atoms with E-state index in [2.05, 4.69) is 15.6 Å². The van der Waals surface area contributed by atoms with E-state index in [-0.39, 0.29) is 60.8 Å². The highest BCUT2D eigenvalue weighted by atomic mass is 32.1. The molecule has 2 amide bonds. The molecule has 10 heteroatoms. The molecule has 0 unspecified atom stereocenters. The van der Waals surface area contributed by atoms with E-state index in [1.807, 2.05) is 60.7 Å². The lowest BCUT2D eigenvalue weighted by Gasteiger charge is -2.28. The topological polar surface area (TPSA) is 131 Å². The number of nitrogens with two attached hydrogens (primary N) is 1. The van der Waals surface area contributed by atoms with Gasteiger partial charge in [-0.1, -0.05) is 86.8 Å². The average Bonchev–Trinajstić information content (AvgIpc) is 3.82. The molecule has 0 saturated heterocycles. The van der Waals surface area contributed by atoms with Crippen molar-refractivity contribution in [3.63, 3.8) is 0 Å². The van der Waals surface area contributed by atoms with Gasteiger partial charge in [0.2, 0.25) is 11.8 Å². The van der Waals surface area contributed by atoms with Crippen LogP contribution in [-0.4, -0.2) is 41.0 Å². The lowest BCUT2D eigenvalue weighted by atomic mass is 9.86. The maximum Gasteiger partial charge on any atom is 0.224 e. The highest BCUT2D eigenvalue weighted by Gasteiger charge is 2.36. The predicted octanol–water partition coefficient (Wildman–Crippen LogP) is 7.25. The fourth-order valence-corrected chi connectivity index (χ4v) is 8.16. The number of hydrogen-bond donors (Lipinski definition) is 3. The summed E-state index contributed by atoms with van der Waals surface area (Å²) in [6, 6.07) is 22.7. The third-order valence-electron chi connectivity index (χ3n) is 9.95. The summed E-state index contributed by atoms with van der Waals surface area (Å²) in [4.78, 5) is 59.7. The van der Waals surface area contributed by atoms with Crippen LogP contribution in [-0.2, 0) is 25.6 Å². The van der Waals surface area contributed by atoms with Crippen LogP contribution in [0.4, 0.5) is 4.39 Å². The van der Waals surface area contributed by atoms with Crippen LogP contribution in [0.3, 0.4) is 0 Å². The summed E-state index contributed by atoms with van der Waals surface area (Å²) in [6.07, 6.45) is 5.91. The SMILES string of the molecule is CCC(=O)C[C@@H](Cc1nc2ccc(F)cc2s1)C(=O)N[C@H](C(=O)C[C@@H](CCCCN)C(=O)NC(c1ccccc1)c1ccccc1)C1CCCC1. The van der Waals surface area contributed by atoms with Crippen molar-refractivity contribution in [1.29, 1.82) is 0 Å². The molecule has 1 aliphatic carbocycles. The summed E-state index contributed by atoms with van der Waals surface area (Å²) < 4.78 is 14.5. The van der Waals surface area contributed by atoms with E-state index in [9.17, 15) is 23.6 Å². The second kappa shape index (κ2) is 18.8. The Kier molecular flexibility index (Phi) is 14.0. The van der Waals surface area contributed by atoms with Crippen molar-refractivity contribution in [2.75, 3.05) is 6.54 Å². The van der Waals surface area contributed by atoms with Crippen molar-refractivity contribution in [2.45, 2.75) is 89.6 Å². The van der Waals surface area contributed by atoms with E-state index in [0.717, 1.165) is 43.2 Å². The lowest BCUT2D eigenvalue weighted by molar-refractivity contribution is -0.135. The zero-order valence-electron chi connectivity index (χ0n) is 29.3. The number of halogens is 1. The van der Waals surface area contributed by atoms with Crippen LogP contribution in [0.25, 0.3) is 10.2 Å². The number of unbranched alkanes of at least 4 members (excludes halogenated alkanes) is 1. The average molecular weight is 713 g/mol. The number of amides is 2. The monoisotopic (exact) mass is 712 g/mol. The lowest BCUT2D eigenvalue weighted by Crippen LogP contribution is -2.49. The van der Waals surface area contributed by atoms with Crippen molar-refractivity contribution in [2.24, 2.45) is 23.5 Å². The van der Waals surface area contributed by atoms with E-state index in [1.165, 1.54) is 23.5 Å². The molecule has 3 aromatic carbocycles. The number of fused-ring (bicyclic) bond motifs is 1. The number of thiazole rings is 1. The molecular formula is C41H49FN4O4S. The van der Waals surface area contributed by atoms with Crippen molar-refractivity contribution in [3.8, 4) is 0 Å². The third-order valence-corrected chi connectivity index (χ3v) is 11.0. The van der Waals surface area contributed by atoms with Gasteiger partial charge in [-0.25, -0.2) is 9.37 Å². The second-order valence-electron chi connectivity index (χ2n) is 13.7. The molecular weight excluding hydrogens is 664 g/mol. The number of ketones is 2. The van der Waals surface area contributed by atoms with Crippen molar-refractivity contribution in [1.82, 2.24) is 15.6 Å². The third kappa shape index (κ3) is 10.6. The van der Waals surface area contributed by atoms with Gasteiger partial charge in [0, 0.05) is 31.6 Å². The minimum Gasteiger partial charge on any atom is -0.346 e. The molecule has 0 radical (unpaired) electrons. The smallest absolute Gasteiger partial charge is 0.224 e. The van der Waals surface area contributed by atoms with Crippen molar-refractivity contribution < 1.29 is 23.6 Å². The quantitative estimate of drug-likeness (QED) is 0.0879. The number of Topliss-reactive ketones (excluding diaryl/α,β-unsaturated/α-hetero) is 2. The van der Waals surface area contributed by atoms with Gasteiger partial charge in [-0.05, 0) is 67.5 Å². The second-order valence-corrected chi connectivity index (χ2v) is 14.8. The summed E-state index contributed by atoms with van der Waals surface area (Å²) in [5, 5.41) is 6.95. The van der Waals surface area contributed by atoms with Gasteiger partial charge in [-0.2, -0.15) is 0 Å². The number of carbonyl (C=O) groups excluding carboxylic acids is 4. The number of aromatic nitrogens is 1. The van der Waals surface area contributed by atoms with Crippen LogP contribution in [0.2, 0.25) is 0 Å². The molecule has 0 spiro atoms. The molecule has 1 fully saturated rings. The summed E-state index contributed by atoms with van der Waals surface area (Å²) >= 11 is 1.30. The van der Waals surface area contributed by atoms with E-state index < -0.39 is 23.9 Å². The highest BCUT2D eigenvalue weighted by molar-refractivity contribution is 7.18. The van der Waals surface area contributed by atoms with Crippen LogP contribution in [0, 0.1) is 23.6 Å². The molecule has 1 saturated carbocycles. The Morgan fingerprint density at radius 2 is 1.51 bits per heavy atom. The Morgan fingerprint density at radius 1 is 0.863 bits per heavy atom. The van der Waals surface area contributed by atoms with E-state index in [4.69, 9.17) is 5.73 Å². The largest absolute Gasteiger partial charge is 0.346 e. The molecule has 4 aromatic rings. The van der Waals surface area contributed by atoms with E-state index >= 15 is 0 Å². The molecule has 1 aliphatic rings. The van der Waals surface area contributed by atoms with Gasteiger partial charge < -0.3 is 16.4 Å². The maximum atomic E-state index is 14.3. The van der Waals surface area contributed by atoms with Gasteiger partial charge in [-0.3, -0.25) is 19.2 Å². The molecule has 8 nitrogen and oxygen atoms in total. The highest BCUT2D eigenvalue weighted by Crippen LogP contribution is 2.32. The molecule has 3 atom stereocenters. The number of benzene rings is 3. The van der Waals surface area contributed by atoms with Crippen LogP contribution >= 0.6 is 11.3 Å². The Bertz CT molecular complexity index is 1720. The number of nitrogens with one attached hydrogen (secondary N) is 2. The molecule has 1 heterocycles. The minimum absolute atomic E-state index is 0.0165. The maximum absolute atomic E-state index is 14.3. The van der Waals surface area contributed by atoms with E-state index in [1.54, 1.807) is 13.0 Å². The van der Waals surface area contributed by atoms with Crippen LogP contribution in [0.15, 0.2) is 78.9 Å². The summed E-state index contributed by atoms with van der Waals surface area (Å²) in [5.74, 6) is -2.58. The van der Waals surface area contributed by atoms with Gasteiger partial charge in [0.25, 0.3) is 0 Å². The number of hydrogen-bond acceptors (Lipinski definition) is 7. The van der Waals surface area contributed by atoms with Gasteiger partial charge in [0.15, 0.2) is 5.78 Å². The molecule has 1 aromatic heterocycles. The zero-order valence-corrected chi connectivity index (χ0v) is 30.1. The van der Waals surface area contributed by atoms with Gasteiger partial charge in [-0.15, -0.1) is 11.3 Å². The number of carbonyl (C=O) groups is 4. The van der Waals surface area contributed by atoms with Gasteiger partial charge in [0.05, 0.1) is 33.2 Å². The first-order valence-corrected chi connectivity index (χ1v) is 19.1. The fourth-order valence-electron chi connectivity index (χ4n) is 7.09. The van der Waals surface area contributed by atoms with Crippen LogP contribution < -0.4 is 16.4 Å².